The third kappa shape index (κ3) is 5.49. The van der Waals surface area contributed by atoms with Crippen LogP contribution in [0.15, 0.2) is 0 Å². The van der Waals surface area contributed by atoms with Crippen molar-refractivity contribution in [1.82, 2.24) is 10.2 Å². The Morgan fingerprint density at radius 3 is 2.40 bits per heavy atom. The van der Waals surface area contributed by atoms with Crippen molar-refractivity contribution in [2.45, 2.75) is 65.0 Å². The highest BCUT2D eigenvalue weighted by Crippen LogP contribution is 2.23. The Labute approximate surface area is 121 Å². The zero-order valence-corrected chi connectivity index (χ0v) is 12.9. The third-order valence-corrected chi connectivity index (χ3v) is 4.14. The highest BCUT2D eigenvalue weighted by molar-refractivity contribution is 5.82. The standard InChI is InChI=1S/C15H28N2O3/c1-4-9-17(10-14(18)19)12(3)15(20)16-13-7-5-11(2)6-8-13/h11-13H,4-10H2,1-3H3,(H,16,20)(H,18,19). The van der Waals surface area contributed by atoms with Crippen LogP contribution < -0.4 is 5.32 Å². The topological polar surface area (TPSA) is 69.6 Å². The Hall–Kier alpha value is -1.10. The molecule has 0 radical (unpaired) electrons. The van der Waals surface area contributed by atoms with Gasteiger partial charge in [-0.1, -0.05) is 13.8 Å². The van der Waals surface area contributed by atoms with E-state index in [1.807, 2.05) is 6.92 Å². The number of hydrogen-bond acceptors (Lipinski definition) is 3. The Balaban J connectivity index is 2.48. The molecule has 1 atom stereocenters. The fraction of sp³-hybridized carbons (Fsp3) is 0.867. The number of carbonyl (C=O) groups excluding carboxylic acids is 1. The summed E-state index contributed by atoms with van der Waals surface area (Å²) < 4.78 is 0. The predicted octanol–water partition coefficient (Wildman–Crippen LogP) is 1.87. The number of carbonyl (C=O) groups is 2. The van der Waals surface area contributed by atoms with Crippen LogP contribution in [-0.4, -0.2) is 47.1 Å². The van der Waals surface area contributed by atoms with Crippen molar-refractivity contribution in [1.29, 1.82) is 0 Å². The van der Waals surface area contributed by atoms with E-state index in [9.17, 15) is 9.59 Å². The molecule has 0 aromatic rings. The quantitative estimate of drug-likeness (QED) is 0.749. The number of nitrogens with zero attached hydrogens (tertiary/aromatic N) is 1. The van der Waals surface area contributed by atoms with E-state index in [-0.39, 0.29) is 24.5 Å². The monoisotopic (exact) mass is 284 g/mol. The van der Waals surface area contributed by atoms with Gasteiger partial charge in [-0.2, -0.15) is 0 Å². The van der Waals surface area contributed by atoms with Crippen LogP contribution in [0.4, 0.5) is 0 Å². The van der Waals surface area contributed by atoms with Crippen molar-refractivity contribution in [3.05, 3.63) is 0 Å². The van der Waals surface area contributed by atoms with E-state index in [1.165, 1.54) is 0 Å². The molecule has 2 N–H and O–H groups in total. The molecule has 0 aromatic heterocycles. The van der Waals surface area contributed by atoms with Crippen LogP contribution in [-0.2, 0) is 9.59 Å². The van der Waals surface area contributed by atoms with Gasteiger partial charge in [0.15, 0.2) is 0 Å². The number of rotatable bonds is 7. The summed E-state index contributed by atoms with van der Waals surface area (Å²) >= 11 is 0. The number of hydrogen-bond donors (Lipinski definition) is 2. The van der Waals surface area contributed by atoms with Gasteiger partial charge in [0.1, 0.15) is 0 Å². The van der Waals surface area contributed by atoms with E-state index < -0.39 is 5.97 Å². The zero-order valence-electron chi connectivity index (χ0n) is 12.9. The van der Waals surface area contributed by atoms with Crippen molar-refractivity contribution >= 4 is 11.9 Å². The van der Waals surface area contributed by atoms with Crippen molar-refractivity contribution in [2.24, 2.45) is 5.92 Å². The molecule has 5 nitrogen and oxygen atoms in total. The molecular formula is C15H28N2O3. The molecule has 0 aliphatic heterocycles. The molecule has 1 rings (SSSR count). The van der Waals surface area contributed by atoms with E-state index in [0.717, 1.165) is 38.0 Å². The maximum Gasteiger partial charge on any atom is 0.317 e. The van der Waals surface area contributed by atoms with Crippen molar-refractivity contribution in [3.8, 4) is 0 Å². The molecule has 0 bridgehead atoms. The van der Waals surface area contributed by atoms with Gasteiger partial charge in [-0.3, -0.25) is 14.5 Å². The Morgan fingerprint density at radius 2 is 1.90 bits per heavy atom. The minimum absolute atomic E-state index is 0.0424. The molecule has 5 heteroatoms. The van der Waals surface area contributed by atoms with Crippen LogP contribution in [0.5, 0.6) is 0 Å². The van der Waals surface area contributed by atoms with Gasteiger partial charge in [0.25, 0.3) is 0 Å². The molecule has 116 valence electrons. The molecule has 0 aromatic carbocycles. The number of nitrogens with one attached hydrogen (secondary N) is 1. The van der Waals surface area contributed by atoms with Crippen LogP contribution in [0.3, 0.4) is 0 Å². The van der Waals surface area contributed by atoms with Crippen molar-refractivity contribution in [2.75, 3.05) is 13.1 Å². The summed E-state index contributed by atoms with van der Waals surface area (Å²) in [6.45, 7) is 6.57. The van der Waals surface area contributed by atoms with Gasteiger partial charge in [-0.05, 0) is 51.5 Å². The lowest BCUT2D eigenvalue weighted by Gasteiger charge is -2.31. The van der Waals surface area contributed by atoms with Crippen LogP contribution in [0, 0.1) is 5.92 Å². The van der Waals surface area contributed by atoms with Gasteiger partial charge in [-0.15, -0.1) is 0 Å². The summed E-state index contributed by atoms with van der Waals surface area (Å²) in [6.07, 6.45) is 5.23. The highest BCUT2D eigenvalue weighted by Gasteiger charge is 2.26. The first-order chi connectivity index (χ1) is 9.43. The Bertz CT molecular complexity index is 325. The van der Waals surface area contributed by atoms with E-state index in [4.69, 9.17) is 5.11 Å². The first-order valence-electron chi connectivity index (χ1n) is 7.70. The second-order valence-electron chi connectivity index (χ2n) is 6.01. The van der Waals surface area contributed by atoms with Gasteiger partial charge in [0, 0.05) is 6.04 Å². The molecule has 0 heterocycles. The molecule has 1 unspecified atom stereocenters. The van der Waals surface area contributed by atoms with Gasteiger partial charge in [0.2, 0.25) is 5.91 Å². The van der Waals surface area contributed by atoms with Gasteiger partial charge in [0.05, 0.1) is 12.6 Å². The average Bonchev–Trinajstić information content (AvgIpc) is 2.39. The first-order valence-corrected chi connectivity index (χ1v) is 7.70. The molecule has 1 amide bonds. The number of amides is 1. The Kier molecular flexibility index (Phi) is 6.99. The first kappa shape index (κ1) is 17.0. The molecule has 20 heavy (non-hydrogen) atoms. The zero-order chi connectivity index (χ0) is 15.1. The normalized spacial score (nSPS) is 24.4. The van der Waals surface area contributed by atoms with Crippen LogP contribution in [0.2, 0.25) is 0 Å². The molecule has 1 fully saturated rings. The van der Waals surface area contributed by atoms with Crippen LogP contribution >= 0.6 is 0 Å². The third-order valence-electron chi connectivity index (χ3n) is 4.14. The molecule has 0 spiro atoms. The average molecular weight is 284 g/mol. The summed E-state index contributed by atoms with van der Waals surface area (Å²) in [6, 6.07) is -0.125. The summed E-state index contributed by atoms with van der Waals surface area (Å²) in [7, 11) is 0. The van der Waals surface area contributed by atoms with E-state index >= 15 is 0 Å². The maximum atomic E-state index is 12.2. The summed E-state index contributed by atoms with van der Waals surface area (Å²) in [5.41, 5.74) is 0. The second-order valence-corrected chi connectivity index (χ2v) is 6.01. The number of aliphatic carboxylic acids is 1. The van der Waals surface area contributed by atoms with Crippen LogP contribution in [0.25, 0.3) is 0 Å². The van der Waals surface area contributed by atoms with E-state index in [2.05, 4.69) is 12.2 Å². The summed E-state index contributed by atoms with van der Waals surface area (Å²) in [5.74, 6) is -0.173. The fourth-order valence-electron chi connectivity index (χ4n) is 2.76. The fourth-order valence-corrected chi connectivity index (χ4v) is 2.76. The van der Waals surface area contributed by atoms with Gasteiger partial charge >= 0.3 is 5.97 Å². The number of carboxylic acid groups (broad SMARTS) is 1. The lowest BCUT2D eigenvalue weighted by molar-refractivity contribution is -0.140. The smallest absolute Gasteiger partial charge is 0.317 e. The molecule has 0 saturated heterocycles. The predicted molar refractivity (Wildman–Crippen MR) is 78.5 cm³/mol. The largest absolute Gasteiger partial charge is 0.480 e. The highest BCUT2D eigenvalue weighted by atomic mass is 16.4. The molecular weight excluding hydrogens is 256 g/mol. The lowest BCUT2D eigenvalue weighted by atomic mass is 9.87. The minimum Gasteiger partial charge on any atom is -0.480 e. The molecule has 1 saturated carbocycles. The van der Waals surface area contributed by atoms with Gasteiger partial charge < -0.3 is 10.4 Å². The SMILES string of the molecule is CCCN(CC(=O)O)C(C)C(=O)NC1CCC(C)CC1. The molecule has 1 aliphatic rings. The number of carboxylic acids is 1. The minimum atomic E-state index is -0.885. The van der Waals surface area contributed by atoms with E-state index in [1.54, 1.807) is 11.8 Å². The van der Waals surface area contributed by atoms with Crippen LogP contribution in [0.1, 0.15) is 52.9 Å². The lowest BCUT2D eigenvalue weighted by Crippen LogP contribution is -2.50. The summed E-state index contributed by atoms with van der Waals surface area (Å²) in [5, 5.41) is 12.0. The second kappa shape index (κ2) is 8.25. The Morgan fingerprint density at radius 1 is 1.30 bits per heavy atom. The summed E-state index contributed by atoms with van der Waals surface area (Å²) in [4.78, 5) is 24.8. The molecule has 1 aliphatic carbocycles. The van der Waals surface area contributed by atoms with Crippen molar-refractivity contribution < 1.29 is 14.7 Å². The maximum absolute atomic E-state index is 12.2. The van der Waals surface area contributed by atoms with E-state index in [0.29, 0.717) is 6.54 Å². The van der Waals surface area contributed by atoms with Crippen molar-refractivity contribution in [3.63, 3.8) is 0 Å². The van der Waals surface area contributed by atoms with Gasteiger partial charge in [-0.25, -0.2) is 0 Å².